The van der Waals surface area contributed by atoms with Crippen LogP contribution in [-0.4, -0.2) is 36.6 Å². The molecule has 0 atom stereocenters. The maximum absolute atomic E-state index is 12.7. The lowest BCUT2D eigenvalue weighted by molar-refractivity contribution is 0.102. The summed E-state index contributed by atoms with van der Waals surface area (Å²) in [5.74, 6) is 0.473. The van der Waals surface area contributed by atoms with E-state index in [0.29, 0.717) is 29.3 Å². The van der Waals surface area contributed by atoms with E-state index in [9.17, 15) is 13.2 Å². The van der Waals surface area contributed by atoms with Crippen molar-refractivity contribution < 1.29 is 13.2 Å². The number of carbonyl (C=O) groups excluding carboxylic acids is 1. The van der Waals surface area contributed by atoms with Gasteiger partial charge in [0, 0.05) is 34.9 Å². The van der Waals surface area contributed by atoms with E-state index in [0.717, 1.165) is 22.0 Å². The third kappa shape index (κ3) is 3.69. The van der Waals surface area contributed by atoms with Crippen LogP contribution >= 0.6 is 0 Å². The lowest BCUT2D eigenvalue weighted by Gasteiger charge is -2.32. The highest BCUT2D eigenvalue weighted by molar-refractivity contribution is 7.94. The van der Waals surface area contributed by atoms with Gasteiger partial charge >= 0.3 is 0 Å². The van der Waals surface area contributed by atoms with Gasteiger partial charge in [-0.3, -0.25) is 9.10 Å². The molecule has 1 aliphatic heterocycles. The molecule has 2 heterocycles. The van der Waals surface area contributed by atoms with Gasteiger partial charge in [0.05, 0.1) is 17.0 Å². The van der Waals surface area contributed by atoms with Gasteiger partial charge in [0.25, 0.3) is 5.91 Å². The minimum absolute atomic E-state index is 0.159. The molecule has 32 heavy (non-hydrogen) atoms. The molecule has 4 aromatic rings. The van der Waals surface area contributed by atoms with Crippen molar-refractivity contribution >= 4 is 38.2 Å². The number of hydrogen-bond acceptors (Lipinski definition) is 5. The second-order valence-electron chi connectivity index (χ2n) is 7.67. The predicted molar refractivity (Wildman–Crippen MR) is 125 cm³/mol. The Morgan fingerprint density at radius 1 is 1.03 bits per heavy atom. The molecule has 1 fully saturated rings. The Bertz CT molecular complexity index is 1450. The van der Waals surface area contributed by atoms with Gasteiger partial charge in [0.2, 0.25) is 10.0 Å². The summed E-state index contributed by atoms with van der Waals surface area (Å²) in [5.41, 5.74) is 4.33. The largest absolute Gasteiger partial charge is 0.322 e. The summed E-state index contributed by atoms with van der Waals surface area (Å²) in [5, 5.41) is 3.86. The molecule has 1 aliphatic rings. The smallest absolute Gasteiger partial charge is 0.255 e. The molecule has 3 aromatic carbocycles. The molecule has 0 spiro atoms. The average Bonchev–Trinajstić information content (AvgIpc) is 2.80. The summed E-state index contributed by atoms with van der Waals surface area (Å²) in [6.07, 6.45) is 1.79. The van der Waals surface area contributed by atoms with Crippen molar-refractivity contribution in [3.63, 3.8) is 0 Å². The van der Waals surface area contributed by atoms with Crippen molar-refractivity contribution in [1.29, 1.82) is 0 Å². The van der Waals surface area contributed by atoms with Gasteiger partial charge in [-0.25, -0.2) is 18.4 Å². The highest BCUT2D eigenvalue weighted by Gasteiger charge is 2.32. The Balaban J connectivity index is 1.38. The molecule has 0 saturated carbocycles. The van der Waals surface area contributed by atoms with Crippen molar-refractivity contribution in [3.8, 4) is 11.4 Å². The summed E-state index contributed by atoms with van der Waals surface area (Å²) < 4.78 is 24.9. The van der Waals surface area contributed by atoms with E-state index in [1.807, 2.05) is 49.4 Å². The quantitative estimate of drug-likeness (QED) is 0.514. The van der Waals surface area contributed by atoms with Crippen LogP contribution < -0.4 is 9.62 Å². The van der Waals surface area contributed by atoms with Crippen LogP contribution in [0.3, 0.4) is 0 Å². The fourth-order valence-corrected chi connectivity index (χ4v) is 4.75. The topological polar surface area (TPSA) is 92.3 Å². The summed E-state index contributed by atoms with van der Waals surface area (Å²) in [4.78, 5) is 21.9. The normalized spacial score (nSPS) is 14.7. The minimum Gasteiger partial charge on any atom is -0.322 e. The molecular formula is C24H20N4O3S. The molecule has 160 valence electrons. The van der Waals surface area contributed by atoms with Gasteiger partial charge in [-0.15, -0.1) is 0 Å². The average molecular weight is 445 g/mol. The van der Waals surface area contributed by atoms with Gasteiger partial charge in [-0.05, 0) is 55.0 Å². The number of aromatic nitrogens is 2. The Morgan fingerprint density at radius 2 is 1.81 bits per heavy atom. The zero-order valence-corrected chi connectivity index (χ0v) is 18.1. The number of rotatable bonds is 4. The summed E-state index contributed by atoms with van der Waals surface area (Å²) in [7, 11) is -3.19. The third-order valence-electron chi connectivity index (χ3n) is 5.53. The Morgan fingerprint density at radius 3 is 2.53 bits per heavy atom. The highest BCUT2D eigenvalue weighted by Crippen LogP contribution is 2.27. The van der Waals surface area contributed by atoms with E-state index in [-0.39, 0.29) is 11.7 Å². The molecule has 0 radical (unpaired) electrons. The van der Waals surface area contributed by atoms with Gasteiger partial charge in [-0.1, -0.05) is 24.3 Å². The van der Waals surface area contributed by atoms with Crippen LogP contribution in [0.1, 0.15) is 15.9 Å². The molecule has 8 heteroatoms. The lowest BCUT2D eigenvalue weighted by Crippen LogP contribution is -2.47. The zero-order valence-electron chi connectivity index (χ0n) is 17.3. The zero-order chi connectivity index (χ0) is 22.3. The van der Waals surface area contributed by atoms with Crippen molar-refractivity contribution in [2.45, 2.75) is 6.92 Å². The summed E-state index contributed by atoms with van der Waals surface area (Å²) >= 11 is 0. The minimum atomic E-state index is -3.19. The van der Waals surface area contributed by atoms with E-state index < -0.39 is 10.0 Å². The van der Waals surface area contributed by atoms with Crippen LogP contribution in [0.2, 0.25) is 0 Å². The van der Waals surface area contributed by atoms with Gasteiger partial charge < -0.3 is 5.32 Å². The van der Waals surface area contributed by atoms with Crippen LogP contribution in [0.15, 0.2) is 72.9 Å². The van der Waals surface area contributed by atoms with Gasteiger partial charge in [-0.2, -0.15) is 0 Å². The maximum atomic E-state index is 12.7. The second kappa shape index (κ2) is 7.72. The summed E-state index contributed by atoms with van der Waals surface area (Å²) in [6, 6.07) is 19.9. The third-order valence-corrected chi connectivity index (χ3v) is 7.29. The first-order valence-electron chi connectivity index (χ1n) is 10.2. The number of carbonyl (C=O) groups is 1. The van der Waals surface area contributed by atoms with E-state index >= 15 is 0 Å². The molecule has 1 amide bonds. The van der Waals surface area contributed by atoms with E-state index in [2.05, 4.69) is 15.3 Å². The van der Waals surface area contributed by atoms with Crippen molar-refractivity contribution in [3.05, 3.63) is 84.1 Å². The van der Waals surface area contributed by atoms with E-state index in [1.54, 1.807) is 30.5 Å². The van der Waals surface area contributed by atoms with Gasteiger partial charge in [0.15, 0.2) is 5.82 Å². The Kier molecular flexibility index (Phi) is 4.86. The second-order valence-corrected chi connectivity index (χ2v) is 9.68. The number of benzene rings is 3. The number of nitrogens with zero attached hydrogens (tertiary/aromatic N) is 3. The number of amides is 1. The summed E-state index contributed by atoms with van der Waals surface area (Å²) in [6.45, 7) is 2.44. The van der Waals surface area contributed by atoms with Crippen molar-refractivity contribution in [2.24, 2.45) is 0 Å². The first kappa shape index (κ1) is 20.1. The number of hydrogen-bond donors (Lipinski definition) is 1. The van der Waals surface area contributed by atoms with E-state index in [1.165, 1.54) is 4.31 Å². The Labute approximate surface area is 185 Å². The number of nitrogens with one attached hydrogen (secondary N) is 1. The number of fused-ring (bicyclic) bond motifs is 1. The molecule has 1 saturated heterocycles. The van der Waals surface area contributed by atoms with Crippen LogP contribution in [0, 0.1) is 6.92 Å². The molecule has 5 rings (SSSR count). The van der Waals surface area contributed by atoms with E-state index in [4.69, 9.17) is 0 Å². The number of para-hydroxylation sites is 1. The number of aryl methyl sites for hydroxylation is 1. The highest BCUT2D eigenvalue weighted by atomic mass is 32.2. The fraction of sp³-hybridized carbons (Fsp3) is 0.125. The monoisotopic (exact) mass is 444 g/mol. The number of anilines is 2. The molecule has 0 unspecified atom stereocenters. The maximum Gasteiger partial charge on any atom is 0.255 e. The predicted octanol–water partition coefficient (Wildman–Crippen LogP) is 4.01. The molecule has 0 bridgehead atoms. The van der Waals surface area contributed by atoms with Gasteiger partial charge in [0.1, 0.15) is 0 Å². The van der Waals surface area contributed by atoms with Crippen molar-refractivity contribution in [1.82, 2.24) is 9.97 Å². The molecule has 0 aliphatic carbocycles. The fourth-order valence-electron chi connectivity index (χ4n) is 3.65. The van der Waals surface area contributed by atoms with Crippen molar-refractivity contribution in [2.75, 3.05) is 21.9 Å². The standard InChI is InChI=1S/C24H20N4O3S/c1-16-6-9-19(14-21(16)23-25-15-18-4-2-3-5-22(18)27-23)26-24(29)17-7-10-20(11-8-17)28-12-13-32(28,30)31/h2-11,14-15H,12-13H2,1H3,(H,26,29). The van der Waals surface area contributed by atoms with Crippen LogP contribution in [-0.2, 0) is 10.0 Å². The number of sulfonamides is 1. The SMILES string of the molecule is Cc1ccc(NC(=O)c2ccc(N3CCS3(=O)=O)cc2)cc1-c1ncc2ccccc2n1. The molecule has 1 N–H and O–H groups in total. The Hall–Kier alpha value is -3.78. The van der Waals surface area contributed by atoms with Crippen LogP contribution in [0.25, 0.3) is 22.3 Å². The molecule has 1 aromatic heterocycles. The van der Waals surface area contributed by atoms with Crippen LogP contribution in [0.5, 0.6) is 0 Å². The first-order chi connectivity index (χ1) is 15.4. The lowest BCUT2D eigenvalue weighted by atomic mass is 10.1. The first-order valence-corrected chi connectivity index (χ1v) is 11.8. The molecular weight excluding hydrogens is 424 g/mol. The molecule has 7 nitrogen and oxygen atoms in total. The van der Waals surface area contributed by atoms with Crippen LogP contribution in [0.4, 0.5) is 11.4 Å².